The van der Waals surface area contributed by atoms with Gasteiger partial charge in [0.1, 0.15) is 23.1 Å². The van der Waals surface area contributed by atoms with Gasteiger partial charge in [-0.25, -0.2) is 9.78 Å². The van der Waals surface area contributed by atoms with Crippen molar-refractivity contribution in [1.29, 1.82) is 0 Å². The monoisotopic (exact) mass is 590 g/mol. The molecule has 2 amide bonds. The molecule has 0 aliphatic carbocycles. The number of hydrogen-bond acceptors (Lipinski definition) is 8. The lowest BCUT2D eigenvalue weighted by molar-refractivity contribution is 0.251. The summed E-state index contributed by atoms with van der Waals surface area (Å²) < 4.78 is 41.1. The first kappa shape index (κ1) is 27.9. The van der Waals surface area contributed by atoms with Gasteiger partial charge in [0.2, 0.25) is 5.95 Å². The average molecular weight is 591 g/mol. The standard InChI is InChI=1S/C25H21Cl2FN6O4S/c26-19-9-6-15(10-20(19)27)22-21(33-24(30)34-23(22)29)13-38-17-7-4-14(5-8-17)12-31-25(35)32-16-2-1-3-18(11-16)39(28,36)37/h1-11H,12-13H2,(H2,31,32,35)(H4,29,30,33,34). The molecule has 4 rings (SSSR count). The van der Waals surface area contributed by atoms with Crippen molar-refractivity contribution in [2.45, 2.75) is 18.0 Å². The highest BCUT2D eigenvalue weighted by Gasteiger charge is 2.16. The lowest BCUT2D eigenvalue weighted by Crippen LogP contribution is -2.28. The summed E-state index contributed by atoms with van der Waals surface area (Å²) in [6.45, 7) is 0.188. The molecule has 0 saturated heterocycles. The Morgan fingerprint density at radius 3 is 2.41 bits per heavy atom. The molecule has 0 saturated carbocycles. The molecule has 14 heteroatoms. The number of halogens is 3. The van der Waals surface area contributed by atoms with Crippen LogP contribution in [0.1, 0.15) is 11.3 Å². The van der Waals surface area contributed by atoms with Gasteiger partial charge in [0.05, 0.1) is 15.7 Å². The smallest absolute Gasteiger partial charge is 0.332 e. The van der Waals surface area contributed by atoms with Crippen molar-refractivity contribution in [2.24, 2.45) is 0 Å². The second-order valence-corrected chi connectivity index (χ2v) is 10.3. The van der Waals surface area contributed by atoms with E-state index in [1.807, 2.05) is 0 Å². The van der Waals surface area contributed by atoms with Crippen molar-refractivity contribution in [2.75, 3.05) is 16.8 Å². The van der Waals surface area contributed by atoms with Crippen LogP contribution in [-0.2, 0) is 23.4 Å². The number of aromatic nitrogens is 2. The third-order valence-electron chi connectivity index (χ3n) is 5.36. The van der Waals surface area contributed by atoms with Crippen molar-refractivity contribution in [1.82, 2.24) is 15.3 Å². The Kier molecular flexibility index (Phi) is 8.38. The molecule has 1 heterocycles. The van der Waals surface area contributed by atoms with Crippen molar-refractivity contribution in [3.63, 3.8) is 0 Å². The normalized spacial score (nSPS) is 11.2. The van der Waals surface area contributed by atoms with Gasteiger partial charge in [-0.3, -0.25) is 0 Å². The first-order chi connectivity index (χ1) is 18.5. The number of nitrogens with one attached hydrogen (secondary N) is 2. The molecule has 0 aliphatic rings. The van der Waals surface area contributed by atoms with Crippen LogP contribution in [0.3, 0.4) is 0 Å². The Morgan fingerprint density at radius 1 is 0.974 bits per heavy atom. The van der Waals surface area contributed by atoms with E-state index in [0.717, 1.165) is 17.7 Å². The Morgan fingerprint density at radius 2 is 1.72 bits per heavy atom. The van der Waals surface area contributed by atoms with Gasteiger partial charge in [-0.05, 0) is 53.6 Å². The molecule has 0 bridgehead atoms. The fraction of sp³-hybridized carbons (Fsp3) is 0.0800. The third kappa shape index (κ3) is 7.25. The highest BCUT2D eigenvalue weighted by Crippen LogP contribution is 2.33. The maximum atomic E-state index is 13.2. The van der Waals surface area contributed by atoms with Gasteiger partial charge in [0.25, 0.3) is 0 Å². The molecule has 6 N–H and O–H groups in total. The predicted octanol–water partition coefficient (Wildman–Crippen LogP) is 5.17. The number of carbonyl (C=O) groups excluding carboxylic acids is 1. The summed E-state index contributed by atoms with van der Waals surface area (Å²) in [5.41, 5.74) is 14.4. The Labute approximate surface area is 233 Å². The van der Waals surface area contributed by atoms with E-state index in [4.69, 9.17) is 39.4 Å². The number of rotatable bonds is 8. The molecule has 202 valence electrons. The summed E-state index contributed by atoms with van der Waals surface area (Å²) in [5, 5.41) is 5.82. The number of anilines is 3. The van der Waals surface area contributed by atoms with Crippen molar-refractivity contribution < 1.29 is 21.8 Å². The number of hydrogen-bond donors (Lipinski definition) is 4. The van der Waals surface area contributed by atoms with Gasteiger partial charge in [-0.2, -0.15) is 13.4 Å². The van der Waals surface area contributed by atoms with Gasteiger partial charge in [0, 0.05) is 17.8 Å². The molecule has 1 aromatic heterocycles. The molecule has 3 aromatic carbocycles. The summed E-state index contributed by atoms with van der Waals surface area (Å²) in [5.74, 6) is 0.674. The molecule has 0 unspecified atom stereocenters. The zero-order valence-electron chi connectivity index (χ0n) is 20.0. The molecule has 0 radical (unpaired) electrons. The van der Waals surface area contributed by atoms with Gasteiger partial charge in [-0.15, -0.1) is 3.89 Å². The van der Waals surface area contributed by atoms with Gasteiger partial charge >= 0.3 is 16.3 Å². The molecule has 0 atom stereocenters. The summed E-state index contributed by atoms with van der Waals surface area (Å²) in [7, 11) is -4.88. The van der Waals surface area contributed by atoms with E-state index in [2.05, 4.69) is 20.6 Å². The number of benzene rings is 3. The van der Waals surface area contributed by atoms with Crippen molar-refractivity contribution in [3.05, 3.63) is 88.0 Å². The van der Waals surface area contributed by atoms with Crippen LogP contribution >= 0.6 is 23.2 Å². The van der Waals surface area contributed by atoms with Crippen LogP contribution in [-0.4, -0.2) is 24.4 Å². The Hall–Kier alpha value is -4.13. The quantitative estimate of drug-likeness (QED) is 0.204. The van der Waals surface area contributed by atoms with E-state index >= 15 is 0 Å². The zero-order chi connectivity index (χ0) is 28.2. The van der Waals surface area contributed by atoms with E-state index in [0.29, 0.717) is 32.6 Å². The molecule has 39 heavy (non-hydrogen) atoms. The Bertz CT molecular complexity index is 1640. The zero-order valence-corrected chi connectivity index (χ0v) is 22.3. The van der Waals surface area contributed by atoms with Gasteiger partial charge in [-0.1, -0.05) is 47.5 Å². The topological polar surface area (TPSA) is 162 Å². The number of ether oxygens (including phenoxy) is 1. The largest absolute Gasteiger partial charge is 0.487 e. The first-order valence-electron chi connectivity index (χ1n) is 11.2. The summed E-state index contributed by atoms with van der Waals surface area (Å²) in [4.78, 5) is 19.9. The number of nitrogens with two attached hydrogens (primary N) is 2. The average Bonchev–Trinajstić information content (AvgIpc) is 2.88. The minimum Gasteiger partial charge on any atom is -0.487 e. The van der Waals surface area contributed by atoms with Crippen LogP contribution < -0.4 is 26.8 Å². The van der Waals surface area contributed by atoms with Crippen LogP contribution in [0.5, 0.6) is 5.75 Å². The molecule has 0 spiro atoms. The van der Waals surface area contributed by atoms with Gasteiger partial charge in [0.15, 0.2) is 0 Å². The second kappa shape index (κ2) is 11.7. The highest BCUT2D eigenvalue weighted by atomic mass is 35.5. The van der Waals surface area contributed by atoms with E-state index in [1.165, 1.54) is 12.1 Å². The number of nitrogens with zero attached hydrogens (tertiary/aromatic N) is 2. The van der Waals surface area contributed by atoms with Crippen LogP contribution in [0.15, 0.2) is 71.6 Å². The number of carbonyl (C=O) groups is 1. The molecule has 10 nitrogen and oxygen atoms in total. The molecular weight excluding hydrogens is 570 g/mol. The maximum absolute atomic E-state index is 13.2. The van der Waals surface area contributed by atoms with Crippen LogP contribution in [0.4, 0.5) is 26.1 Å². The highest BCUT2D eigenvalue weighted by molar-refractivity contribution is 7.86. The fourth-order valence-electron chi connectivity index (χ4n) is 3.56. The molecule has 4 aromatic rings. The predicted molar refractivity (Wildman–Crippen MR) is 148 cm³/mol. The lowest BCUT2D eigenvalue weighted by atomic mass is 10.0. The van der Waals surface area contributed by atoms with Crippen LogP contribution in [0, 0.1) is 0 Å². The van der Waals surface area contributed by atoms with E-state index in [-0.39, 0.29) is 30.6 Å². The second-order valence-electron chi connectivity index (χ2n) is 8.12. The lowest BCUT2D eigenvalue weighted by Gasteiger charge is -2.14. The molecule has 0 aliphatic heterocycles. The molecular formula is C25H21Cl2FN6O4S. The first-order valence-corrected chi connectivity index (χ1v) is 13.3. The van der Waals surface area contributed by atoms with Crippen LogP contribution in [0.2, 0.25) is 10.0 Å². The van der Waals surface area contributed by atoms with E-state index in [9.17, 15) is 17.1 Å². The van der Waals surface area contributed by atoms with E-state index in [1.54, 1.807) is 42.5 Å². The Balaban J connectivity index is 1.38. The number of nitrogen functional groups attached to an aromatic ring is 2. The van der Waals surface area contributed by atoms with E-state index < -0.39 is 21.1 Å². The number of urea groups is 1. The third-order valence-corrected chi connectivity index (χ3v) is 6.92. The minimum atomic E-state index is -4.88. The van der Waals surface area contributed by atoms with Crippen molar-refractivity contribution in [3.8, 4) is 16.9 Å². The summed E-state index contributed by atoms with van der Waals surface area (Å²) >= 11 is 12.2. The van der Waals surface area contributed by atoms with Crippen LogP contribution in [0.25, 0.3) is 11.1 Å². The number of amides is 2. The minimum absolute atomic E-state index is 0.00680. The summed E-state index contributed by atoms with van der Waals surface area (Å²) in [6, 6.07) is 16.2. The molecule has 0 fully saturated rings. The van der Waals surface area contributed by atoms with Crippen molar-refractivity contribution >= 4 is 56.9 Å². The van der Waals surface area contributed by atoms with Gasteiger partial charge < -0.3 is 26.8 Å². The maximum Gasteiger partial charge on any atom is 0.332 e. The SMILES string of the molecule is Nc1nc(N)c(-c2ccc(Cl)c(Cl)c2)c(COc2ccc(CNC(=O)Nc3cccc(S(=O)(=O)F)c3)cc2)n1. The summed E-state index contributed by atoms with van der Waals surface area (Å²) in [6.07, 6.45) is 0. The fourth-order valence-corrected chi connectivity index (χ4v) is 4.36.